The van der Waals surface area contributed by atoms with Crippen molar-refractivity contribution in [2.45, 2.75) is 49.6 Å². The number of halogens is 3. The van der Waals surface area contributed by atoms with Gasteiger partial charge in [-0.1, -0.05) is 0 Å². The molecule has 0 bridgehead atoms. The van der Waals surface area contributed by atoms with Crippen LogP contribution in [0.4, 0.5) is 8.78 Å². The molecule has 0 spiro atoms. The number of hydrogen-bond donors (Lipinski definition) is 2. The van der Waals surface area contributed by atoms with Crippen LogP contribution in [0.1, 0.15) is 33.6 Å². The molecule has 0 aromatic rings. The minimum atomic E-state index is -3.59. The number of rotatable bonds is 3. The van der Waals surface area contributed by atoms with Gasteiger partial charge in [0, 0.05) is 41.1 Å². The second-order valence-electron chi connectivity index (χ2n) is 6.06. The molecule has 0 aromatic heterocycles. The molecule has 1 heterocycles. The van der Waals surface area contributed by atoms with Gasteiger partial charge in [-0.15, -0.1) is 0 Å². The van der Waals surface area contributed by atoms with Crippen molar-refractivity contribution < 1.29 is 18.7 Å². The zero-order valence-corrected chi connectivity index (χ0v) is 13.1. The van der Waals surface area contributed by atoms with Crippen LogP contribution in [-0.2, 0) is 4.79 Å². The molecule has 1 fully saturated rings. The maximum absolute atomic E-state index is 12.6. The standard InChI is InChI=1S/C12H21BrF2N2O2/c1-10(2,3)17-6-4-11(19,5-7-17)8-16-9(18)12(13,14)15/h19H,4-8H2,1-3H3,(H,16,18). The summed E-state index contributed by atoms with van der Waals surface area (Å²) in [5.41, 5.74) is -1.08. The quantitative estimate of drug-likeness (QED) is 0.768. The van der Waals surface area contributed by atoms with Gasteiger partial charge in [0.1, 0.15) is 0 Å². The average molecular weight is 343 g/mol. The van der Waals surface area contributed by atoms with Crippen molar-refractivity contribution in [2.24, 2.45) is 0 Å². The van der Waals surface area contributed by atoms with Crippen LogP contribution >= 0.6 is 15.9 Å². The van der Waals surface area contributed by atoms with Gasteiger partial charge >= 0.3 is 10.7 Å². The number of carbonyl (C=O) groups excluding carboxylic acids is 1. The molecule has 1 aliphatic heterocycles. The Bertz CT molecular complexity index is 332. The molecular formula is C12H21BrF2N2O2. The van der Waals surface area contributed by atoms with Gasteiger partial charge in [-0.25, -0.2) is 0 Å². The van der Waals surface area contributed by atoms with Crippen molar-refractivity contribution >= 4 is 21.8 Å². The smallest absolute Gasteiger partial charge is 0.377 e. The van der Waals surface area contributed by atoms with Crippen molar-refractivity contribution in [1.29, 1.82) is 0 Å². The normalized spacial score (nSPS) is 21.2. The number of carbonyl (C=O) groups is 1. The Hall–Kier alpha value is -0.270. The van der Waals surface area contributed by atoms with Crippen LogP contribution < -0.4 is 5.32 Å². The van der Waals surface area contributed by atoms with Gasteiger partial charge in [0.2, 0.25) is 0 Å². The molecule has 1 saturated heterocycles. The van der Waals surface area contributed by atoms with Crippen LogP contribution in [-0.4, -0.2) is 51.5 Å². The fourth-order valence-electron chi connectivity index (χ4n) is 2.12. The summed E-state index contributed by atoms with van der Waals surface area (Å²) in [5.74, 6) is -1.42. The lowest BCUT2D eigenvalue weighted by Gasteiger charge is -2.44. The van der Waals surface area contributed by atoms with Gasteiger partial charge in [0.25, 0.3) is 0 Å². The summed E-state index contributed by atoms with van der Waals surface area (Å²) in [5, 5.41) is 12.3. The Balaban J connectivity index is 2.47. The number of amides is 1. The van der Waals surface area contributed by atoms with E-state index in [1.807, 2.05) is 15.9 Å². The molecule has 0 saturated carbocycles. The van der Waals surface area contributed by atoms with Crippen molar-refractivity contribution in [3.63, 3.8) is 0 Å². The van der Waals surface area contributed by atoms with Gasteiger partial charge in [-0.2, -0.15) is 8.78 Å². The Morgan fingerprint density at radius 1 is 1.37 bits per heavy atom. The summed E-state index contributed by atoms with van der Waals surface area (Å²) in [4.78, 5) is 9.68. The highest BCUT2D eigenvalue weighted by atomic mass is 79.9. The highest BCUT2D eigenvalue weighted by Crippen LogP contribution is 2.27. The molecule has 19 heavy (non-hydrogen) atoms. The van der Waals surface area contributed by atoms with Crippen molar-refractivity contribution in [3.05, 3.63) is 0 Å². The molecule has 0 aromatic carbocycles. The van der Waals surface area contributed by atoms with E-state index in [1.54, 1.807) is 0 Å². The Kier molecular flexibility index (Phi) is 4.96. The van der Waals surface area contributed by atoms with Crippen LogP contribution in [0.15, 0.2) is 0 Å². The number of hydrogen-bond acceptors (Lipinski definition) is 3. The van der Waals surface area contributed by atoms with Crippen LogP contribution in [0.3, 0.4) is 0 Å². The summed E-state index contributed by atoms with van der Waals surface area (Å²) in [7, 11) is 0. The third kappa shape index (κ3) is 4.96. The zero-order chi connectivity index (χ0) is 14.9. The summed E-state index contributed by atoms with van der Waals surface area (Å²) >= 11 is 1.99. The fourth-order valence-corrected chi connectivity index (χ4v) is 2.26. The summed E-state index contributed by atoms with van der Waals surface area (Å²) < 4.78 is 25.3. The first-order chi connectivity index (χ1) is 8.44. The second-order valence-corrected chi connectivity index (χ2v) is 7.06. The van der Waals surface area contributed by atoms with Gasteiger partial charge in [-0.05, 0) is 33.6 Å². The van der Waals surface area contributed by atoms with Gasteiger partial charge in [0.05, 0.1) is 5.60 Å². The molecule has 4 nitrogen and oxygen atoms in total. The van der Waals surface area contributed by atoms with Crippen molar-refractivity contribution in [2.75, 3.05) is 19.6 Å². The largest absolute Gasteiger partial charge is 0.388 e. The molecule has 112 valence electrons. The van der Waals surface area contributed by atoms with E-state index >= 15 is 0 Å². The molecule has 0 atom stereocenters. The first kappa shape index (κ1) is 16.8. The summed E-state index contributed by atoms with van der Waals surface area (Å²) in [6.07, 6.45) is 0.914. The van der Waals surface area contributed by atoms with Gasteiger partial charge in [0.15, 0.2) is 0 Å². The van der Waals surface area contributed by atoms with Crippen LogP contribution in [0.2, 0.25) is 0 Å². The molecule has 1 amide bonds. The minimum absolute atomic E-state index is 0.0213. The molecule has 1 rings (SSSR count). The van der Waals surface area contributed by atoms with E-state index < -0.39 is 16.3 Å². The Labute approximate surface area is 120 Å². The second kappa shape index (κ2) is 5.61. The lowest BCUT2D eigenvalue weighted by atomic mass is 9.89. The third-order valence-electron chi connectivity index (χ3n) is 3.48. The molecule has 0 aliphatic carbocycles. The lowest BCUT2D eigenvalue weighted by molar-refractivity contribution is -0.136. The van der Waals surface area contributed by atoms with E-state index in [0.717, 1.165) is 0 Å². The number of likely N-dealkylation sites (tertiary alicyclic amines) is 1. The van der Waals surface area contributed by atoms with E-state index in [4.69, 9.17) is 0 Å². The Morgan fingerprint density at radius 3 is 2.21 bits per heavy atom. The highest BCUT2D eigenvalue weighted by Gasteiger charge is 2.39. The average Bonchev–Trinajstić information content (AvgIpc) is 2.24. The van der Waals surface area contributed by atoms with Crippen LogP contribution in [0.25, 0.3) is 0 Å². The number of alkyl halides is 3. The molecule has 0 radical (unpaired) electrons. The van der Waals surface area contributed by atoms with E-state index in [9.17, 15) is 18.7 Å². The lowest BCUT2D eigenvalue weighted by Crippen LogP contribution is -2.55. The number of piperidine rings is 1. The zero-order valence-electron chi connectivity index (χ0n) is 11.5. The summed E-state index contributed by atoms with van der Waals surface area (Å²) in [6, 6.07) is 0. The van der Waals surface area contributed by atoms with Crippen LogP contribution in [0.5, 0.6) is 0 Å². The van der Waals surface area contributed by atoms with E-state index in [2.05, 4.69) is 31.0 Å². The fraction of sp³-hybridized carbons (Fsp3) is 0.917. The number of nitrogens with one attached hydrogen (secondary N) is 1. The number of nitrogens with zero attached hydrogens (tertiary/aromatic N) is 1. The topological polar surface area (TPSA) is 52.6 Å². The molecule has 1 aliphatic rings. The molecule has 7 heteroatoms. The van der Waals surface area contributed by atoms with Crippen molar-refractivity contribution in [1.82, 2.24) is 10.2 Å². The molecule has 2 N–H and O–H groups in total. The highest BCUT2D eigenvalue weighted by molar-refractivity contribution is 9.10. The van der Waals surface area contributed by atoms with Gasteiger partial charge in [-0.3, -0.25) is 9.69 Å². The summed E-state index contributed by atoms with van der Waals surface area (Å²) in [6.45, 7) is 7.48. The first-order valence-electron chi connectivity index (χ1n) is 6.26. The van der Waals surface area contributed by atoms with Gasteiger partial charge < -0.3 is 10.4 Å². The Morgan fingerprint density at radius 2 is 1.84 bits per heavy atom. The predicted molar refractivity (Wildman–Crippen MR) is 72.4 cm³/mol. The van der Waals surface area contributed by atoms with E-state index in [0.29, 0.717) is 25.9 Å². The van der Waals surface area contributed by atoms with Crippen molar-refractivity contribution in [3.8, 4) is 0 Å². The SMILES string of the molecule is CC(C)(C)N1CCC(O)(CNC(=O)C(F)(F)Br)CC1. The molecular weight excluding hydrogens is 322 g/mol. The van der Waals surface area contributed by atoms with Crippen LogP contribution in [0, 0.1) is 0 Å². The predicted octanol–water partition coefficient (Wildman–Crippen LogP) is 1.72. The van der Waals surface area contributed by atoms with E-state index in [1.165, 1.54) is 0 Å². The molecule has 0 unspecified atom stereocenters. The third-order valence-corrected chi connectivity index (χ3v) is 3.84. The maximum Gasteiger partial charge on any atom is 0.377 e. The monoisotopic (exact) mass is 342 g/mol. The minimum Gasteiger partial charge on any atom is -0.388 e. The first-order valence-corrected chi connectivity index (χ1v) is 7.06. The number of aliphatic hydroxyl groups is 1. The maximum atomic E-state index is 12.6. The van der Waals surface area contributed by atoms with E-state index in [-0.39, 0.29) is 12.1 Å².